The minimum Gasteiger partial charge on any atom is -0.256 e. The van der Waals surface area contributed by atoms with Crippen LogP contribution in [0.15, 0.2) is 176 Å². The molecule has 0 N–H and O–H groups in total. The molecule has 0 amide bonds. The molecule has 11 rings (SSSR count). The maximum Gasteiger partial charge on any atom is 0.160 e. The van der Waals surface area contributed by atoms with Gasteiger partial charge >= 0.3 is 0 Å². The highest BCUT2D eigenvalue weighted by molar-refractivity contribution is 6.13. The van der Waals surface area contributed by atoms with E-state index < -0.39 is 0 Å². The van der Waals surface area contributed by atoms with Gasteiger partial charge in [0.05, 0.1) is 16.9 Å². The molecular formula is C54H39N3. The quantitative estimate of drug-likeness (QED) is 0.166. The average Bonchev–Trinajstić information content (AvgIpc) is 3.28. The summed E-state index contributed by atoms with van der Waals surface area (Å²) in [7, 11) is 0. The van der Waals surface area contributed by atoms with Crippen molar-refractivity contribution < 1.29 is 0 Å². The van der Waals surface area contributed by atoms with E-state index in [0.717, 1.165) is 51.0 Å². The van der Waals surface area contributed by atoms with Crippen LogP contribution in [-0.2, 0) is 6.42 Å². The maximum absolute atomic E-state index is 5.37. The zero-order chi connectivity index (χ0) is 37.9. The highest BCUT2D eigenvalue weighted by Crippen LogP contribution is 2.42. The number of hydrogen-bond acceptors (Lipinski definition) is 3. The number of rotatable bonds is 5. The molecule has 1 aliphatic rings. The molecule has 270 valence electrons. The van der Waals surface area contributed by atoms with Crippen LogP contribution < -0.4 is 0 Å². The molecule has 1 unspecified atom stereocenters. The third-order valence-corrected chi connectivity index (χ3v) is 12.1. The molecule has 0 aliphatic heterocycles. The highest BCUT2D eigenvalue weighted by Gasteiger charge is 2.23. The summed E-state index contributed by atoms with van der Waals surface area (Å²) in [4.78, 5) is 15.4. The summed E-state index contributed by atoms with van der Waals surface area (Å²) in [6.07, 6.45) is 5.50. The number of hydrogen-bond donors (Lipinski definition) is 0. The third-order valence-electron chi connectivity index (χ3n) is 12.1. The zero-order valence-electron chi connectivity index (χ0n) is 31.8. The molecule has 8 aromatic carbocycles. The van der Waals surface area contributed by atoms with Crippen molar-refractivity contribution in [3.05, 3.63) is 187 Å². The first-order valence-electron chi connectivity index (χ1n) is 20.1. The van der Waals surface area contributed by atoms with E-state index in [-0.39, 0.29) is 0 Å². The summed E-state index contributed by atoms with van der Waals surface area (Å²) in [5.41, 5.74) is 13.6. The summed E-state index contributed by atoms with van der Waals surface area (Å²) >= 11 is 0. The molecule has 0 saturated carbocycles. The normalized spacial score (nSPS) is 14.0. The Morgan fingerprint density at radius 3 is 1.88 bits per heavy atom. The van der Waals surface area contributed by atoms with E-state index in [1.165, 1.54) is 73.0 Å². The van der Waals surface area contributed by atoms with Crippen molar-refractivity contribution in [1.82, 2.24) is 15.0 Å². The molecule has 0 saturated heterocycles. The zero-order valence-corrected chi connectivity index (χ0v) is 31.8. The number of aromatic nitrogens is 3. The van der Waals surface area contributed by atoms with Crippen molar-refractivity contribution in [3.8, 4) is 56.2 Å². The monoisotopic (exact) mass is 729 g/mol. The molecule has 57 heavy (non-hydrogen) atoms. The van der Waals surface area contributed by atoms with Gasteiger partial charge in [0.15, 0.2) is 5.82 Å². The van der Waals surface area contributed by atoms with Crippen LogP contribution in [0.4, 0.5) is 0 Å². The summed E-state index contributed by atoms with van der Waals surface area (Å²) in [5.74, 6) is 1.25. The lowest BCUT2D eigenvalue weighted by atomic mass is 9.79. The molecule has 2 heterocycles. The van der Waals surface area contributed by atoms with Crippen LogP contribution in [0, 0.1) is 0 Å². The van der Waals surface area contributed by atoms with Crippen LogP contribution in [0.2, 0.25) is 0 Å². The standard InChI is InChI=1S/C54H39N3/c1-34-11-10-14-41-31-49(46-18-7-8-19-47(46)53(34)41)52-32-51(56-54(57-52)38-27-21-35(22-28-38)42-29-40-13-3-9-20-50(40)55-33-42)37-25-23-36(24-26-37)48-30-39-12-2-4-15-43(39)44-16-5-6-17-45(44)48/h2-9,12-13,15-34H,10-11,14H2,1H3. The van der Waals surface area contributed by atoms with E-state index in [1.54, 1.807) is 0 Å². The lowest BCUT2D eigenvalue weighted by Crippen LogP contribution is -2.08. The van der Waals surface area contributed by atoms with Gasteiger partial charge in [-0.2, -0.15) is 0 Å². The van der Waals surface area contributed by atoms with Crippen LogP contribution in [0.3, 0.4) is 0 Å². The number of benzene rings is 8. The van der Waals surface area contributed by atoms with Crippen molar-refractivity contribution in [2.24, 2.45) is 0 Å². The second-order valence-electron chi connectivity index (χ2n) is 15.6. The van der Waals surface area contributed by atoms with Crippen LogP contribution in [0.5, 0.6) is 0 Å². The second-order valence-corrected chi connectivity index (χ2v) is 15.6. The van der Waals surface area contributed by atoms with Gasteiger partial charge in [0.25, 0.3) is 0 Å². The van der Waals surface area contributed by atoms with E-state index in [9.17, 15) is 0 Å². The van der Waals surface area contributed by atoms with Crippen molar-refractivity contribution in [3.63, 3.8) is 0 Å². The minimum atomic E-state index is 0.541. The average molecular weight is 730 g/mol. The van der Waals surface area contributed by atoms with Crippen molar-refractivity contribution in [2.75, 3.05) is 0 Å². The lowest BCUT2D eigenvalue weighted by molar-refractivity contribution is 0.595. The van der Waals surface area contributed by atoms with Crippen LogP contribution in [0.25, 0.3) is 99.4 Å². The molecule has 1 atom stereocenters. The van der Waals surface area contributed by atoms with E-state index in [0.29, 0.717) is 11.7 Å². The topological polar surface area (TPSA) is 38.7 Å². The first-order valence-corrected chi connectivity index (χ1v) is 20.1. The van der Waals surface area contributed by atoms with E-state index in [4.69, 9.17) is 15.0 Å². The molecule has 0 spiro atoms. The van der Waals surface area contributed by atoms with Gasteiger partial charge in [-0.15, -0.1) is 0 Å². The van der Waals surface area contributed by atoms with Gasteiger partial charge < -0.3 is 0 Å². The molecule has 0 bridgehead atoms. The largest absolute Gasteiger partial charge is 0.256 e. The fourth-order valence-corrected chi connectivity index (χ4v) is 9.22. The molecule has 0 radical (unpaired) electrons. The van der Waals surface area contributed by atoms with E-state index in [2.05, 4.69) is 171 Å². The molecular weight excluding hydrogens is 691 g/mol. The number of aryl methyl sites for hydroxylation is 1. The fourth-order valence-electron chi connectivity index (χ4n) is 9.22. The van der Waals surface area contributed by atoms with Gasteiger partial charge in [0.2, 0.25) is 0 Å². The number of nitrogens with zero attached hydrogens (tertiary/aromatic N) is 3. The Morgan fingerprint density at radius 2 is 1.07 bits per heavy atom. The Hall–Kier alpha value is -6.97. The number of pyridine rings is 1. The first kappa shape index (κ1) is 33.4. The molecule has 1 aliphatic carbocycles. The Bertz CT molecular complexity index is 3160. The fraction of sp³-hybridized carbons (Fsp3) is 0.0926. The lowest BCUT2D eigenvalue weighted by Gasteiger charge is -2.26. The maximum atomic E-state index is 5.37. The predicted molar refractivity (Wildman–Crippen MR) is 238 cm³/mol. The van der Waals surface area contributed by atoms with Gasteiger partial charge in [-0.25, -0.2) is 9.97 Å². The molecule has 10 aromatic rings. The number of fused-ring (bicyclic) bond motifs is 7. The Labute approximate surface area is 332 Å². The van der Waals surface area contributed by atoms with Gasteiger partial charge in [-0.1, -0.05) is 146 Å². The van der Waals surface area contributed by atoms with Gasteiger partial charge in [-0.3, -0.25) is 4.98 Å². The SMILES string of the molecule is CC1CCCc2cc(-c3cc(-c4ccc(-c5cc6ccccc6c6ccccc56)cc4)nc(-c4ccc(-c5cnc6ccccc6c5)cc4)n3)c3ccccc3c21. The molecule has 3 nitrogen and oxygen atoms in total. The smallest absolute Gasteiger partial charge is 0.160 e. The van der Waals surface area contributed by atoms with Crippen LogP contribution in [-0.4, -0.2) is 15.0 Å². The van der Waals surface area contributed by atoms with Crippen molar-refractivity contribution in [2.45, 2.75) is 32.1 Å². The summed E-state index contributed by atoms with van der Waals surface area (Å²) in [6, 6.07) is 61.3. The summed E-state index contributed by atoms with van der Waals surface area (Å²) in [5, 5.41) is 8.78. The molecule has 3 heteroatoms. The molecule has 2 aromatic heterocycles. The Morgan fingerprint density at radius 1 is 0.456 bits per heavy atom. The van der Waals surface area contributed by atoms with Crippen molar-refractivity contribution >= 4 is 43.2 Å². The van der Waals surface area contributed by atoms with Gasteiger partial charge in [0.1, 0.15) is 0 Å². The van der Waals surface area contributed by atoms with E-state index in [1.807, 2.05) is 12.3 Å². The van der Waals surface area contributed by atoms with Crippen molar-refractivity contribution in [1.29, 1.82) is 0 Å². The predicted octanol–water partition coefficient (Wildman–Crippen LogP) is 14.3. The minimum absolute atomic E-state index is 0.541. The van der Waals surface area contributed by atoms with Gasteiger partial charge in [0, 0.05) is 33.8 Å². The van der Waals surface area contributed by atoms with Gasteiger partial charge in [-0.05, 0) is 116 Å². The summed E-state index contributed by atoms with van der Waals surface area (Å²) in [6.45, 7) is 2.38. The van der Waals surface area contributed by atoms with Crippen LogP contribution in [0.1, 0.15) is 36.8 Å². The van der Waals surface area contributed by atoms with E-state index >= 15 is 0 Å². The first-order chi connectivity index (χ1) is 28.1. The Kier molecular flexibility index (Phi) is 7.99. The highest BCUT2D eigenvalue weighted by atomic mass is 14.9. The summed E-state index contributed by atoms with van der Waals surface area (Å²) < 4.78 is 0. The number of para-hydroxylation sites is 1. The molecule has 0 fully saturated rings. The Balaban J connectivity index is 1.05. The van der Waals surface area contributed by atoms with Crippen LogP contribution >= 0.6 is 0 Å². The third kappa shape index (κ3) is 5.86. The second kappa shape index (κ2) is 13.6.